The predicted octanol–water partition coefficient (Wildman–Crippen LogP) is 2.80. The molecule has 1 unspecified atom stereocenters. The highest BCUT2D eigenvalue weighted by Gasteiger charge is 2.42. The zero-order chi connectivity index (χ0) is 12.2. The van der Waals surface area contributed by atoms with Gasteiger partial charge in [-0.25, -0.2) is 0 Å². The molecule has 0 aromatic rings. The van der Waals surface area contributed by atoms with Crippen molar-refractivity contribution >= 4 is 17.2 Å². The minimum absolute atomic E-state index is 0.0621. The van der Waals surface area contributed by atoms with Gasteiger partial charge in [0, 0.05) is 0 Å². The van der Waals surface area contributed by atoms with Crippen molar-refractivity contribution in [3.8, 4) is 0 Å². The van der Waals surface area contributed by atoms with E-state index in [-0.39, 0.29) is 6.10 Å². The number of ether oxygens (including phenoxy) is 1. The van der Waals surface area contributed by atoms with Gasteiger partial charge in [0.05, 0.1) is 17.7 Å². The SMILES string of the molecule is NC(=S)C(COC1CCCCC1)C(F)(F)F. The quantitative estimate of drug-likeness (QED) is 0.784. The molecule has 6 heteroatoms. The van der Waals surface area contributed by atoms with Gasteiger partial charge < -0.3 is 10.5 Å². The first-order valence-electron chi connectivity index (χ1n) is 5.39. The molecule has 1 saturated carbocycles. The molecule has 1 aliphatic carbocycles. The maximum absolute atomic E-state index is 12.5. The van der Waals surface area contributed by atoms with Gasteiger partial charge in [-0.05, 0) is 12.8 Å². The van der Waals surface area contributed by atoms with Crippen molar-refractivity contribution in [1.82, 2.24) is 0 Å². The highest BCUT2D eigenvalue weighted by Crippen LogP contribution is 2.28. The molecule has 0 saturated heterocycles. The molecule has 2 nitrogen and oxygen atoms in total. The molecular formula is C10H16F3NOS. The number of hydrogen-bond acceptors (Lipinski definition) is 2. The Morgan fingerprint density at radius 3 is 2.31 bits per heavy atom. The maximum Gasteiger partial charge on any atom is 0.400 e. The Morgan fingerprint density at radius 2 is 1.88 bits per heavy atom. The third kappa shape index (κ3) is 4.25. The van der Waals surface area contributed by atoms with Crippen LogP contribution in [0.1, 0.15) is 32.1 Å². The Morgan fingerprint density at radius 1 is 1.31 bits per heavy atom. The summed E-state index contributed by atoms with van der Waals surface area (Å²) < 4.78 is 42.7. The molecule has 1 aliphatic rings. The smallest absolute Gasteiger partial charge is 0.393 e. The van der Waals surface area contributed by atoms with Gasteiger partial charge in [0.2, 0.25) is 0 Å². The minimum Gasteiger partial charge on any atom is -0.393 e. The Balaban J connectivity index is 2.40. The van der Waals surface area contributed by atoms with Gasteiger partial charge in [-0.3, -0.25) is 0 Å². The number of halogens is 3. The number of nitrogens with two attached hydrogens (primary N) is 1. The van der Waals surface area contributed by atoms with E-state index in [1.807, 2.05) is 0 Å². The lowest BCUT2D eigenvalue weighted by molar-refractivity contribution is -0.172. The van der Waals surface area contributed by atoms with E-state index in [2.05, 4.69) is 12.2 Å². The van der Waals surface area contributed by atoms with Crippen LogP contribution >= 0.6 is 12.2 Å². The van der Waals surface area contributed by atoms with Crippen molar-refractivity contribution in [2.45, 2.75) is 44.4 Å². The molecule has 0 bridgehead atoms. The van der Waals surface area contributed by atoms with Crippen LogP contribution < -0.4 is 5.73 Å². The normalized spacial score (nSPS) is 20.7. The summed E-state index contributed by atoms with van der Waals surface area (Å²) >= 11 is 4.41. The Kier molecular flexibility index (Phi) is 4.98. The third-order valence-corrected chi connectivity index (χ3v) is 3.07. The van der Waals surface area contributed by atoms with Crippen LogP contribution in [0.5, 0.6) is 0 Å². The van der Waals surface area contributed by atoms with Crippen LogP contribution in [0.15, 0.2) is 0 Å². The highest BCUT2D eigenvalue weighted by molar-refractivity contribution is 7.80. The first-order chi connectivity index (χ1) is 7.41. The van der Waals surface area contributed by atoms with Crippen molar-refractivity contribution < 1.29 is 17.9 Å². The summed E-state index contributed by atoms with van der Waals surface area (Å²) in [4.78, 5) is -0.539. The highest BCUT2D eigenvalue weighted by atomic mass is 32.1. The number of hydrogen-bond donors (Lipinski definition) is 1. The molecule has 0 spiro atoms. The van der Waals surface area contributed by atoms with Crippen LogP contribution in [0.2, 0.25) is 0 Å². The average molecular weight is 255 g/mol. The van der Waals surface area contributed by atoms with Crippen LogP contribution in [0.4, 0.5) is 13.2 Å². The van der Waals surface area contributed by atoms with Crippen molar-refractivity contribution in [1.29, 1.82) is 0 Å². The molecule has 0 radical (unpaired) electrons. The van der Waals surface area contributed by atoms with Crippen molar-refractivity contribution in [3.63, 3.8) is 0 Å². The van der Waals surface area contributed by atoms with Crippen LogP contribution in [0, 0.1) is 5.92 Å². The van der Waals surface area contributed by atoms with Gasteiger partial charge in [-0.1, -0.05) is 31.5 Å². The molecule has 16 heavy (non-hydrogen) atoms. The van der Waals surface area contributed by atoms with Gasteiger partial charge in [-0.2, -0.15) is 13.2 Å². The molecule has 2 N–H and O–H groups in total. The van der Waals surface area contributed by atoms with E-state index in [0.29, 0.717) is 0 Å². The average Bonchev–Trinajstić information content (AvgIpc) is 2.17. The fourth-order valence-electron chi connectivity index (χ4n) is 1.80. The second kappa shape index (κ2) is 5.82. The summed E-state index contributed by atoms with van der Waals surface area (Å²) in [6, 6.07) is 0. The van der Waals surface area contributed by atoms with Crippen molar-refractivity contribution in [3.05, 3.63) is 0 Å². The summed E-state index contributed by atoms with van der Waals surface area (Å²) in [5.74, 6) is -1.82. The Labute approximate surface area is 98.3 Å². The zero-order valence-electron chi connectivity index (χ0n) is 8.93. The lowest BCUT2D eigenvalue weighted by Gasteiger charge is -2.25. The van der Waals surface area contributed by atoms with Crippen molar-refractivity contribution in [2.24, 2.45) is 11.7 Å². The van der Waals surface area contributed by atoms with E-state index in [1.165, 1.54) is 0 Å². The first kappa shape index (κ1) is 13.7. The molecule has 1 fully saturated rings. The fourth-order valence-corrected chi connectivity index (χ4v) is 2.00. The molecule has 1 atom stereocenters. The second-order valence-corrected chi connectivity index (χ2v) is 4.56. The van der Waals surface area contributed by atoms with E-state index < -0.39 is 23.7 Å². The number of thiocarbonyl (C=S) groups is 1. The molecule has 0 amide bonds. The third-order valence-electron chi connectivity index (χ3n) is 2.79. The number of rotatable bonds is 4. The van der Waals surface area contributed by atoms with Crippen LogP contribution in [-0.4, -0.2) is 23.9 Å². The molecule has 0 aliphatic heterocycles. The van der Waals surface area contributed by atoms with Crippen LogP contribution in [0.3, 0.4) is 0 Å². The minimum atomic E-state index is -4.40. The maximum atomic E-state index is 12.5. The molecule has 0 heterocycles. The van der Waals surface area contributed by atoms with E-state index in [9.17, 15) is 13.2 Å². The van der Waals surface area contributed by atoms with Gasteiger partial charge in [-0.15, -0.1) is 0 Å². The van der Waals surface area contributed by atoms with Gasteiger partial charge >= 0.3 is 6.18 Å². The summed E-state index contributed by atoms with van der Waals surface area (Å²) in [7, 11) is 0. The predicted molar refractivity (Wildman–Crippen MR) is 59.2 cm³/mol. The van der Waals surface area contributed by atoms with Gasteiger partial charge in [0.15, 0.2) is 0 Å². The molecule has 0 aromatic carbocycles. The molecular weight excluding hydrogens is 239 g/mol. The Bertz CT molecular complexity index is 239. The molecule has 0 aromatic heterocycles. The number of alkyl halides is 3. The zero-order valence-corrected chi connectivity index (χ0v) is 9.74. The summed E-state index contributed by atoms with van der Waals surface area (Å²) in [6.07, 6.45) is 0.387. The second-order valence-electron chi connectivity index (χ2n) is 4.09. The van der Waals surface area contributed by atoms with Crippen molar-refractivity contribution in [2.75, 3.05) is 6.61 Å². The summed E-state index contributed by atoms with van der Waals surface area (Å²) in [5.41, 5.74) is 5.07. The topological polar surface area (TPSA) is 35.2 Å². The molecule has 94 valence electrons. The largest absolute Gasteiger partial charge is 0.400 e. The van der Waals surface area contributed by atoms with Crippen LogP contribution in [0.25, 0.3) is 0 Å². The lowest BCUT2D eigenvalue weighted by atomic mass is 9.97. The van der Waals surface area contributed by atoms with Crippen LogP contribution in [-0.2, 0) is 4.74 Å². The van der Waals surface area contributed by atoms with Gasteiger partial charge in [0.1, 0.15) is 5.92 Å². The monoisotopic (exact) mass is 255 g/mol. The summed E-state index contributed by atoms with van der Waals surface area (Å²) in [6.45, 7) is -0.441. The first-order valence-corrected chi connectivity index (χ1v) is 5.79. The Hall–Kier alpha value is -0.360. The van der Waals surface area contributed by atoms with E-state index in [1.54, 1.807) is 0 Å². The van der Waals surface area contributed by atoms with E-state index in [0.717, 1.165) is 32.1 Å². The van der Waals surface area contributed by atoms with E-state index in [4.69, 9.17) is 10.5 Å². The lowest BCUT2D eigenvalue weighted by Crippen LogP contribution is -2.39. The standard InChI is InChI=1S/C10H16F3NOS/c11-10(12,13)8(9(14)16)6-15-7-4-2-1-3-5-7/h7-8H,1-6H2,(H2,14,16). The fraction of sp³-hybridized carbons (Fsp3) is 0.900. The van der Waals surface area contributed by atoms with E-state index >= 15 is 0 Å². The van der Waals surface area contributed by atoms with Gasteiger partial charge in [0.25, 0.3) is 0 Å². The molecule has 1 rings (SSSR count). The summed E-state index contributed by atoms with van der Waals surface area (Å²) in [5, 5.41) is 0.